The van der Waals surface area contributed by atoms with Gasteiger partial charge in [-0.1, -0.05) is 6.92 Å². The van der Waals surface area contributed by atoms with Gasteiger partial charge in [-0.15, -0.1) is 11.6 Å². The van der Waals surface area contributed by atoms with E-state index in [-0.39, 0.29) is 6.10 Å². The molecule has 1 fully saturated rings. The Morgan fingerprint density at radius 3 is 2.95 bits per heavy atom. The van der Waals surface area contributed by atoms with E-state index in [1.807, 2.05) is 19.2 Å². The topological polar surface area (TPSA) is 86.2 Å². The van der Waals surface area contributed by atoms with Gasteiger partial charge >= 0.3 is 0 Å². The molecule has 0 bridgehead atoms. The molecule has 108 valence electrons. The van der Waals surface area contributed by atoms with Gasteiger partial charge in [0.25, 0.3) is 0 Å². The van der Waals surface area contributed by atoms with Crippen LogP contribution in [0.3, 0.4) is 0 Å². The highest BCUT2D eigenvalue weighted by Gasteiger charge is 2.52. The lowest BCUT2D eigenvalue weighted by Gasteiger charge is -2.26. The van der Waals surface area contributed by atoms with Crippen LogP contribution in [0.5, 0.6) is 0 Å². The van der Waals surface area contributed by atoms with Gasteiger partial charge in [-0.25, -0.2) is 9.97 Å². The van der Waals surface area contributed by atoms with Crippen LogP contribution in [-0.4, -0.2) is 36.7 Å². The average Bonchev–Trinajstić information content (AvgIpc) is 2.92. The second-order valence-electron chi connectivity index (χ2n) is 5.25. The molecule has 3 rings (SSSR count). The highest BCUT2D eigenvalue weighted by molar-refractivity contribution is 6.24. The maximum atomic E-state index is 10.3. The number of nitrogens with two attached hydrogens (primary N) is 1. The van der Waals surface area contributed by atoms with Crippen LogP contribution in [0.15, 0.2) is 18.6 Å². The van der Waals surface area contributed by atoms with Crippen molar-refractivity contribution in [2.24, 2.45) is 0 Å². The molecule has 1 saturated heterocycles. The minimum Gasteiger partial charge on any atom is -0.388 e. The highest BCUT2D eigenvalue weighted by Crippen LogP contribution is 2.45. The molecule has 0 amide bonds. The van der Waals surface area contributed by atoms with Gasteiger partial charge in [-0.05, 0) is 19.4 Å². The molecule has 0 radical (unpaired) electrons. The number of nitrogens with zero attached hydrogens (tertiary/aromatic N) is 3. The first-order chi connectivity index (χ1) is 9.46. The first-order valence-corrected chi connectivity index (χ1v) is 6.94. The number of hydrogen-bond donors (Lipinski definition) is 2. The number of aromatic nitrogens is 3. The minimum absolute atomic E-state index is 0.292. The van der Waals surface area contributed by atoms with Crippen molar-refractivity contribution in [2.75, 3.05) is 5.73 Å². The number of alkyl halides is 1. The van der Waals surface area contributed by atoms with Crippen molar-refractivity contribution in [1.29, 1.82) is 0 Å². The van der Waals surface area contributed by atoms with Crippen LogP contribution in [-0.2, 0) is 4.74 Å². The molecule has 7 heteroatoms. The third-order valence-corrected chi connectivity index (χ3v) is 4.32. The zero-order valence-electron chi connectivity index (χ0n) is 11.3. The van der Waals surface area contributed by atoms with Crippen molar-refractivity contribution in [2.45, 2.75) is 43.6 Å². The lowest BCUT2D eigenvalue weighted by Crippen LogP contribution is -2.38. The number of rotatable bonds is 2. The highest BCUT2D eigenvalue weighted by atomic mass is 35.5. The van der Waals surface area contributed by atoms with Gasteiger partial charge in [0.2, 0.25) is 0 Å². The maximum Gasteiger partial charge on any atom is 0.157 e. The summed E-state index contributed by atoms with van der Waals surface area (Å²) in [6.45, 7) is 3.73. The summed E-state index contributed by atoms with van der Waals surface area (Å²) in [5.41, 5.74) is 6.48. The minimum atomic E-state index is -0.924. The fraction of sp³-hybridized carbons (Fsp3) is 0.538. The smallest absolute Gasteiger partial charge is 0.157 e. The first kappa shape index (κ1) is 13.6. The molecular formula is C13H17ClN4O2. The lowest BCUT2D eigenvalue weighted by atomic mass is 9.99. The quantitative estimate of drug-likeness (QED) is 0.824. The Kier molecular flexibility index (Phi) is 3.12. The number of aliphatic hydroxyl groups is 1. The molecule has 2 aromatic rings. The van der Waals surface area contributed by atoms with E-state index in [2.05, 4.69) is 9.97 Å². The third kappa shape index (κ3) is 1.79. The molecule has 0 aliphatic carbocycles. The van der Waals surface area contributed by atoms with Crippen molar-refractivity contribution in [3.8, 4) is 0 Å². The molecule has 20 heavy (non-hydrogen) atoms. The van der Waals surface area contributed by atoms with Crippen LogP contribution in [0.2, 0.25) is 0 Å². The van der Waals surface area contributed by atoms with Crippen LogP contribution in [0, 0.1) is 0 Å². The van der Waals surface area contributed by atoms with Crippen LogP contribution >= 0.6 is 11.6 Å². The van der Waals surface area contributed by atoms with Gasteiger partial charge < -0.3 is 20.1 Å². The summed E-state index contributed by atoms with van der Waals surface area (Å²) in [6.07, 6.45) is 2.37. The van der Waals surface area contributed by atoms with E-state index in [4.69, 9.17) is 22.1 Å². The molecule has 0 spiro atoms. The molecule has 2 aromatic heterocycles. The van der Waals surface area contributed by atoms with Gasteiger partial charge in [0.1, 0.15) is 28.8 Å². The monoisotopic (exact) mass is 296 g/mol. The van der Waals surface area contributed by atoms with Crippen LogP contribution < -0.4 is 5.73 Å². The van der Waals surface area contributed by atoms with Gasteiger partial charge in [-0.2, -0.15) is 0 Å². The molecule has 3 heterocycles. The number of hydrogen-bond acceptors (Lipinski definition) is 5. The average molecular weight is 297 g/mol. The van der Waals surface area contributed by atoms with Crippen LogP contribution in [0.1, 0.15) is 26.5 Å². The standard InChI is InChI=1S/C13H17ClN4O2/c1-3-8-9(19)13(2,14)12(20-8)18-5-4-7-10(15)16-6-17-11(7)18/h4-6,8-9,12,19H,3H2,1-2H3,(H2,15,16,17). The van der Waals surface area contributed by atoms with E-state index in [0.29, 0.717) is 17.9 Å². The molecule has 3 N–H and O–H groups in total. The number of anilines is 1. The first-order valence-electron chi connectivity index (χ1n) is 6.56. The van der Waals surface area contributed by atoms with Crippen molar-refractivity contribution >= 4 is 28.5 Å². The Balaban J connectivity index is 2.10. The van der Waals surface area contributed by atoms with Gasteiger partial charge in [0, 0.05) is 6.20 Å². The van der Waals surface area contributed by atoms with Gasteiger partial charge in [0.05, 0.1) is 11.5 Å². The van der Waals surface area contributed by atoms with Gasteiger partial charge in [0.15, 0.2) is 6.23 Å². The molecule has 1 aliphatic rings. The summed E-state index contributed by atoms with van der Waals surface area (Å²) in [5.74, 6) is 0.413. The largest absolute Gasteiger partial charge is 0.388 e. The van der Waals surface area contributed by atoms with E-state index in [9.17, 15) is 5.11 Å². The van der Waals surface area contributed by atoms with Crippen LogP contribution in [0.4, 0.5) is 5.82 Å². The zero-order chi connectivity index (χ0) is 14.5. The Bertz CT molecular complexity index is 642. The molecule has 6 nitrogen and oxygen atoms in total. The summed E-state index contributed by atoms with van der Waals surface area (Å²) < 4.78 is 7.72. The van der Waals surface area contributed by atoms with Crippen molar-refractivity contribution < 1.29 is 9.84 Å². The molecule has 4 atom stereocenters. The SMILES string of the molecule is CCC1OC(n2ccc3c(N)ncnc32)C(C)(Cl)C1O. The fourth-order valence-corrected chi connectivity index (χ4v) is 3.02. The van der Waals surface area contributed by atoms with E-state index < -0.39 is 17.2 Å². The summed E-state index contributed by atoms with van der Waals surface area (Å²) in [7, 11) is 0. The van der Waals surface area contributed by atoms with Gasteiger partial charge in [-0.3, -0.25) is 0 Å². The predicted octanol–water partition coefficient (Wildman–Crippen LogP) is 1.68. The number of ether oxygens (including phenoxy) is 1. The van der Waals surface area contributed by atoms with E-state index >= 15 is 0 Å². The second-order valence-corrected chi connectivity index (χ2v) is 6.06. The molecule has 0 aromatic carbocycles. The Labute approximate surface area is 121 Å². The summed E-state index contributed by atoms with van der Waals surface area (Å²) >= 11 is 6.52. The lowest BCUT2D eigenvalue weighted by molar-refractivity contribution is -0.0197. The fourth-order valence-electron chi connectivity index (χ4n) is 2.72. The van der Waals surface area contributed by atoms with E-state index in [0.717, 1.165) is 5.39 Å². The Hall–Kier alpha value is -1.37. The van der Waals surface area contributed by atoms with E-state index in [1.54, 1.807) is 11.5 Å². The maximum absolute atomic E-state index is 10.3. The number of halogens is 1. The summed E-state index contributed by atoms with van der Waals surface area (Å²) in [4.78, 5) is 7.28. The van der Waals surface area contributed by atoms with Crippen molar-refractivity contribution in [3.05, 3.63) is 18.6 Å². The molecule has 4 unspecified atom stereocenters. The third-order valence-electron chi connectivity index (χ3n) is 3.91. The van der Waals surface area contributed by atoms with Crippen molar-refractivity contribution in [3.63, 3.8) is 0 Å². The summed E-state index contributed by atoms with van der Waals surface area (Å²) in [5, 5.41) is 11.0. The molecule has 0 saturated carbocycles. The summed E-state index contributed by atoms with van der Waals surface area (Å²) in [6, 6.07) is 1.83. The van der Waals surface area contributed by atoms with Crippen molar-refractivity contribution in [1.82, 2.24) is 14.5 Å². The molecule has 1 aliphatic heterocycles. The normalized spacial score (nSPS) is 33.9. The molecular weight excluding hydrogens is 280 g/mol. The zero-order valence-corrected chi connectivity index (χ0v) is 12.1. The number of aliphatic hydroxyl groups excluding tert-OH is 1. The number of fused-ring (bicyclic) bond motifs is 1. The van der Waals surface area contributed by atoms with E-state index in [1.165, 1.54) is 6.33 Å². The Morgan fingerprint density at radius 1 is 1.55 bits per heavy atom. The predicted molar refractivity (Wildman–Crippen MR) is 76.4 cm³/mol. The second kappa shape index (κ2) is 4.58. The number of nitrogen functional groups attached to an aromatic ring is 1. The van der Waals surface area contributed by atoms with Crippen LogP contribution in [0.25, 0.3) is 11.0 Å². The Morgan fingerprint density at radius 2 is 2.30 bits per heavy atom.